The number of ether oxygens (including phenoxy) is 3. The van der Waals surface area contributed by atoms with Gasteiger partial charge in [-0.1, -0.05) is 13.8 Å². The summed E-state index contributed by atoms with van der Waals surface area (Å²) in [6.07, 6.45) is 0.775. The van der Waals surface area contributed by atoms with Crippen LogP contribution in [0, 0.1) is 11.3 Å². The number of nitriles is 1. The molecule has 1 atom stereocenters. The van der Waals surface area contributed by atoms with Gasteiger partial charge in [-0.25, -0.2) is 0 Å². The third-order valence-corrected chi connectivity index (χ3v) is 3.87. The number of nitrogens with zero attached hydrogens (tertiary/aromatic N) is 2. The molecule has 0 N–H and O–H groups in total. The Kier molecular flexibility index (Phi) is 7.55. The van der Waals surface area contributed by atoms with Gasteiger partial charge in [0.05, 0.1) is 33.3 Å². The molecule has 0 aliphatic heterocycles. The average Bonchev–Trinajstić information content (AvgIpc) is 2.57. The van der Waals surface area contributed by atoms with Crippen molar-refractivity contribution in [1.29, 1.82) is 5.26 Å². The van der Waals surface area contributed by atoms with Gasteiger partial charge >= 0.3 is 0 Å². The van der Waals surface area contributed by atoms with Crippen LogP contribution in [0.5, 0.6) is 17.2 Å². The van der Waals surface area contributed by atoms with Crippen LogP contribution in [0.2, 0.25) is 0 Å². The molecule has 0 radical (unpaired) electrons. The quantitative estimate of drug-likeness (QED) is 0.702. The van der Waals surface area contributed by atoms with E-state index in [0.717, 1.165) is 31.6 Å². The van der Waals surface area contributed by atoms with Gasteiger partial charge in [0.25, 0.3) is 0 Å². The van der Waals surface area contributed by atoms with Gasteiger partial charge in [0.1, 0.15) is 0 Å². The first-order valence-electron chi connectivity index (χ1n) is 7.56. The summed E-state index contributed by atoms with van der Waals surface area (Å²) in [6.45, 7) is 7.13. The number of hydrogen-bond acceptors (Lipinski definition) is 5. The summed E-state index contributed by atoms with van der Waals surface area (Å²) in [5.74, 6) is 1.52. The lowest BCUT2D eigenvalue weighted by atomic mass is 9.96. The summed E-state index contributed by atoms with van der Waals surface area (Å²) >= 11 is 0. The molecular weight excluding hydrogens is 280 g/mol. The third kappa shape index (κ3) is 4.28. The monoisotopic (exact) mass is 306 g/mol. The summed E-state index contributed by atoms with van der Waals surface area (Å²) in [7, 11) is 4.74. The van der Waals surface area contributed by atoms with Crippen LogP contribution < -0.4 is 14.2 Å². The zero-order chi connectivity index (χ0) is 16.5. The molecule has 0 bridgehead atoms. The van der Waals surface area contributed by atoms with Gasteiger partial charge in [0.2, 0.25) is 5.75 Å². The normalized spacial score (nSPS) is 11.9. The lowest BCUT2D eigenvalue weighted by Gasteiger charge is -2.21. The summed E-state index contributed by atoms with van der Waals surface area (Å²) in [5, 5.41) is 9.51. The molecule has 122 valence electrons. The molecule has 0 aromatic heterocycles. The molecule has 0 aliphatic carbocycles. The second-order valence-corrected chi connectivity index (χ2v) is 4.96. The Morgan fingerprint density at radius 2 is 1.59 bits per heavy atom. The highest BCUT2D eigenvalue weighted by atomic mass is 16.5. The van der Waals surface area contributed by atoms with Gasteiger partial charge in [0.15, 0.2) is 11.5 Å². The molecule has 1 rings (SSSR count). The van der Waals surface area contributed by atoms with E-state index < -0.39 is 0 Å². The summed E-state index contributed by atoms with van der Waals surface area (Å²) in [5.41, 5.74) is 0.893. The minimum atomic E-state index is -0.200. The van der Waals surface area contributed by atoms with Crippen LogP contribution in [0.15, 0.2) is 12.1 Å². The zero-order valence-corrected chi connectivity index (χ0v) is 14.2. The van der Waals surface area contributed by atoms with E-state index in [1.54, 1.807) is 21.3 Å². The standard InChI is InChI=1S/C17H26N2O3/c1-6-19(7-2)9-8-13(12-18)14-10-15(20-3)17(22-5)16(11-14)21-4/h10-11,13H,6-9H2,1-5H3. The van der Waals surface area contributed by atoms with Crippen molar-refractivity contribution in [2.45, 2.75) is 26.2 Å². The Labute approximate surface area is 133 Å². The molecule has 0 spiro atoms. The predicted octanol–water partition coefficient (Wildman–Crippen LogP) is 3.05. The van der Waals surface area contributed by atoms with Crippen LogP contribution in [-0.2, 0) is 0 Å². The molecule has 0 heterocycles. The van der Waals surface area contributed by atoms with Crippen LogP contribution in [0.25, 0.3) is 0 Å². The van der Waals surface area contributed by atoms with Crippen LogP contribution >= 0.6 is 0 Å². The average molecular weight is 306 g/mol. The molecule has 1 aromatic carbocycles. The third-order valence-electron chi connectivity index (χ3n) is 3.87. The fourth-order valence-electron chi connectivity index (χ4n) is 2.46. The first-order valence-corrected chi connectivity index (χ1v) is 7.56. The molecule has 22 heavy (non-hydrogen) atoms. The SMILES string of the molecule is CCN(CC)CCC(C#N)c1cc(OC)c(OC)c(OC)c1. The molecule has 1 unspecified atom stereocenters. The summed E-state index contributed by atoms with van der Waals surface area (Å²) in [4.78, 5) is 2.31. The van der Waals surface area contributed by atoms with E-state index in [1.165, 1.54) is 0 Å². The van der Waals surface area contributed by atoms with Gasteiger partial charge in [-0.15, -0.1) is 0 Å². The molecule has 1 aromatic rings. The minimum Gasteiger partial charge on any atom is -0.493 e. The van der Waals surface area contributed by atoms with E-state index >= 15 is 0 Å². The van der Waals surface area contributed by atoms with Crippen LogP contribution in [0.4, 0.5) is 0 Å². The number of rotatable bonds is 9. The Balaban J connectivity index is 3.04. The maximum Gasteiger partial charge on any atom is 0.203 e. The smallest absolute Gasteiger partial charge is 0.203 e. The molecule has 0 saturated heterocycles. The largest absolute Gasteiger partial charge is 0.493 e. The zero-order valence-electron chi connectivity index (χ0n) is 14.2. The van der Waals surface area contributed by atoms with Crippen LogP contribution in [0.1, 0.15) is 31.7 Å². The lowest BCUT2D eigenvalue weighted by Crippen LogP contribution is -2.25. The van der Waals surface area contributed by atoms with E-state index in [2.05, 4.69) is 24.8 Å². The van der Waals surface area contributed by atoms with Crippen molar-refractivity contribution in [3.05, 3.63) is 17.7 Å². The molecule has 0 saturated carbocycles. The van der Waals surface area contributed by atoms with Gasteiger partial charge in [-0.2, -0.15) is 5.26 Å². The number of hydrogen-bond donors (Lipinski definition) is 0. The molecule has 5 heteroatoms. The van der Waals surface area contributed by atoms with Gasteiger partial charge in [-0.05, 0) is 43.8 Å². The number of benzene rings is 1. The fraction of sp³-hybridized carbons (Fsp3) is 0.588. The first kappa shape index (κ1) is 18.1. The minimum absolute atomic E-state index is 0.200. The second-order valence-electron chi connectivity index (χ2n) is 4.96. The first-order chi connectivity index (χ1) is 10.6. The Morgan fingerprint density at radius 1 is 1.05 bits per heavy atom. The van der Waals surface area contributed by atoms with Crippen molar-refractivity contribution in [2.24, 2.45) is 0 Å². The maximum absolute atomic E-state index is 9.51. The van der Waals surface area contributed by atoms with Crippen LogP contribution in [0.3, 0.4) is 0 Å². The van der Waals surface area contributed by atoms with Crippen molar-refractivity contribution in [3.8, 4) is 23.3 Å². The maximum atomic E-state index is 9.51. The summed E-state index contributed by atoms with van der Waals surface area (Å²) in [6, 6.07) is 6.10. The van der Waals surface area contributed by atoms with Crippen molar-refractivity contribution in [3.63, 3.8) is 0 Å². The lowest BCUT2D eigenvalue weighted by molar-refractivity contribution is 0.295. The summed E-state index contributed by atoms with van der Waals surface area (Å²) < 4.78 is 16.0. The van der Waals surface area contributed by atoms with E-state index in [9.17, 15) is 5.26 Å². The molecular formula is C17H26N2O3. The van der Waals surface area contributed by atoms with Crippen molar-refractivity contribution in [1.82, 2.24) is 4.90 Å². The van der Waals surface area contributed by atoms with Gasteiger partial charge < -0.3 is 19.1 Å². The highest BCUT2D eigenvalue weighted by Crippen LogP contribution is 2.40. The Bertz CT molecular complexity index is 482. The Morgan fingerprint density at radius 3 is 1.95 bits per heavy atom. The molecule has 5 nitrogen and oxygen atoms in total. The van der Waals surface area contributed by atoms with E-state index in [0.29, 0.717) is 17.2 Å². The van der Waals surface area contributed by atoms with Crippen molar-refractivity contribution in [2.75, 3.05) is 41.0 Å². The van der Waals surface area contributed by atoms with E-state index in [4.69, 9.17) is 14.2 Å². The highest BCUT2D eigenvalue weighted by Gasteiger charge is 2.19. The van der Waals surface area contributed by atoms with Crippen molar-refractivity contribution >= 4 is 0 Å². The van der Waals surface area contributed by atoms with Gasteiger partial charge in [0, 0.05) is 0 Å². The molecule has 0 amide bonds. The predicted molar refractivity (Wildman–Crippen MR) is 86.9 cm³/mol. The molecule has 0 fully saturated rings. The highest BCUT2D eigenvalue weighted by molar-refractivity contribution is 5.55. The molecule has 0 aliphatic rings. The van der Waals surface area contributed by atoms with Gasteiger partial charge in [-0.3, -0.25) is 0 Å². The van der Waals surface area contributed by atoms with E-state index in [1.807, 2.05) is 12.1 Å². The topological polar surface area (TPSA) is 54.7 Å². The fourth-order valence-corrected chi connectivity index (χ4v) is 2.46. The second kappa shape index (κ2) is 9.16. The van der Waals surface area contributed by atoms with Crippen LogP contribution in [-0.4, -0.2) is 45.9 Å². The van der Waals surface area contributed by atoms with Crippen molar-refractivity contribution < 1.29 is 14.2 Å². The van der Waals surface area contributed by atoms with E-state index in [-0.39, 0.29) is 5.92 Å². The Hall–Kier alpha value is -1.93. The number of methoxy groups -OCH3 is 3.